The maximum absolute atomic E-state index is 12.7. The number of aromatic nitrogens is 2. The molecule has 1 aromatic carbocycles. The normalized spacial score (nSPS) is 12.5. The van der Waals surface area contributed by atoms with E-state index >= 15 is 0 Å². The van der Waals surface area contributed by atoms with Gasteiger partial charge in [-0.3, -0.25) is 9.40 Å². The SMILES string of the molecule is Cn1cc(S(=O)(=O)Nc2cccc(Cl)c2Cl)c(C(C)(C)C)n1. The van der Waals surface area contributed by atoms with E-state index in [1.807, 2.05) is 20.8 Å². The van der Waals surface area contributed by atoms with E-state index in [-0.39, 0.29) is 20.6 Å². The summed E-state index contributed by atoms with van der Waals surface area (Å²) in [6.07, 6.45) is 1.47. The van der Waals surface area contributed by atoms with Gasteiger partial charge in [0, 0.05) is 18.7 Å². The van der Waals surface area contributed by atoms with Crippen molar-refractivity contribution >= 4 is 38.9 Å². The first kappa shape index (κ1) is 17.1. The molecule has 0 saturated heterocycles. The third-order valence-electron chi connectivity index (χ3n) is 2.99. The average Bonchev–Trinajstić information content (AvgIpc) is 2.78. The van der Waals surface area contributed by atoms with Crippen molar-refractivity contribution in [1.82, 2.24) is 9.78 Å². The molecular formula is C14H17Cl2N3O2S. The largest absolute Gasteiger partial charge is 0.278 e. The summed E-state index contributed by atoms with van der Waals surface area (Å²) in [7, 11) is -2.14. The van der Waals surface area contributed by atoms with E-state index in [9.17, 15) is 8.42 Å². The number of halogens is 2. The minimum Gasteiger partial charge on any atom is -0.278 e. The minimum atomic E-state index is -3.82. The molecule has 1 aromatic heterocycles. The number of rotatable bonds is 3. The van der Waals surface area contributed by atoms with Crippen LogP contribution in [0.2, 0.25) is 10.0 Å². The van der Waals surface area contributed by atoms with Gasteiger partial charge in [0.1, 0.15) is 4.90 Å². The van der Waals surface area contributed by atoms with Crippen molar-refractivity contribution in [2.45, 2.75) is 31.1 Å². The highest BCUT2D eigenvalue weighted by atomic mass is 35.5. The lowest BCUT2D eigenvalue weighted by atomic mass is 9.92. The van der Waals surface area contributed by atoms with Crippen molar-refractivity contribution in [2.75, 3.05) is 4.72 Å². The number of nitrogens with one attached hydrogen (secondary N) is 1. The van der Waals surface area contributed by atoms with Gasteiger partial charge >= 0.3 is 0 Å². The lowest BCUT2D eigenvalue weighted by molar-refractivity contribution is 0.539. The number of aryl methyl sites for hydroxylation is 1. The molecule has 0 unspecified atom stereocenters. The molecule has 120 valence electrons. The van der Waals surface area contributed by atoms with E-state index in [4.69, 9.17) is 23.2 Å². The van der Waals surface area contributed by atoms with E-state index in [2.05, 4.69) is 9.82 Å². The molecule has 0 atom stereocenters. The minimum absolute atomic E-state index is 0.124. The van der Waals surface area contributed by atoms with E-state index in [0.717, 1.165) is 0 Å². The van der Waals surface area contributed by atoms with Gasteiger partial charge in [-0.1, -0.05) is 50.0 Å². The molecule has 5 nitrogen and oxygen atoms in total. The van der Waals surface area contributed by atoms with Crippen molar-refractivity contribution in [1.29, 1.82) is 0 Å². The van der Waals surface area contributed by atoms with Gasteiger partial charge in [0.15, 0.2) is 0 Å². The maximum atomic E-state index is 12.7. The second-order valence-corrected chi connectivity index (χ2v) is 8.41. The first-order valence-electron chi connectivity index (χ1n) is 6.53. The molecule has 8 heteroatoms. The van der Waals surface area contributed by atoms with Gasteiger partial charge in [0.05, 0.1) is 21.4 Å². The van der Waals surface area contributed by atoms with Gasteiger partial charge < -0.3 is 0 Å². The fourth-order valence-corrected chi connectivity index (χ4v) is 3.83. The summed E-state index contributed by atoms with van der Waals surface area (Å²) in [5.41, 5.74) is 0.308. The van der Waals surface area contributed by atoms with Gasteiger partial charge in [0.25, 0.3) is 10.0 Å². The summed E-state index contributed by atoms with van der Waals surface area (Å²) in [5, 5.41) is 4.71. The Kier molecular flexibility index (Phi) is 4.48. The van der Waals surface area contributed by atoms with Crippen molar-refractivity contribution in [2.24, 2.45) is 7.05 Å². The lowest BCUT2D eigenvalue weighted by Gasteiger charge is -2.18. The van der Waals surface area contributed by atoms with Crippen molar-refractivity contribution in [3.8, 4) is 0 Å². The third-order valence-corrected chi connectivity index (χ3v) is 5.18. The van der Waals surface area contributed by atoms with Crippen molar-refractivity contribution in [3.05, 3.63) is 40.1 Å². The molecule has 1 N–H and O–H groups in total. The van der Waals surface area contributed by atoms with Crippen LogP contribution in [0, 0.1) is 0 Å². The number of sulfonamides is 1. The second-order valence-electron chi connectivity index (χ2n) is 5.97. The molecule has 22 heavy (non-hydrogen) atoms. The van der Waals surface area contributed by atoms with E-state index < -0.39 is 15.4 Å². The van der Waals surface area contributed by atoms with Crippen LogP contribution in [-0.4, -0.2) is 18.2 Å². The maximum Gasteiger partial charge on any atom is 0.265 e. The van der Waals surface area contributed by atoms with Crippen molar-refractivity contribution < 1.29 is 8.42 Å². The van der Waals surface area contributed by atoms with Crippen LogP contribution >= 0.6 is 23.2 Å². The Morgan fingerprint density at radius 2 is 1.86 bits per heavy atom. The summed E-state index contributed by atoms with van der Waals surface area (Å²) in [6, 6.07) is 4.77. The predicted octanol–water partition coefficient (Wildman–Crippen LogP) is 3.83. The Balaban J connectivity index is 2.50. The zero-order valence-electron chi connectivity index (χ0n) is 12.7. The summed E-state index contributed by atoms with van der Waals surface area (Å²) in [4.78, 5) is 0.124. The van der Waals surface area contributed by atoms with Gasteiger partial charge in [-0.05, 0) is 12.1 Å². The highest BCUT2D eigenvalue weighted by Gasteiger charge is 2.30. The number of hydrogen-bond acceptors (Lipinski definition) is 3. The molecule has 0 amide bonds. The Labute approximate surface area is 140 Å². The molecule has 0 aliphatic rings. The van der Waals surface area contributed by atoms with Gasteiger partial charge in [-0.2, -0.15) is 5.10 Å². The Morgan fingerprint density at radius 1 is 1.23 bits per heavy atom. The molecule has 0 aliphatic heterocycles. The summed E-state index contributed by atoms with van der Waals surface area (Å²) < 4.78 is 29.3. The fraction of sp³-hybridized carbons (Fsp3) is 0.357. The van der Waals surface area contributed by atoms with Crippen LogP contribution in [0.1, 0.15) is 26.5 Å². The monoisotopic (exact) mass is 361 g/mol. The second kappa shape index (κ2) is 5.76. The van der Waals surface area contributed by atoms with Crippen LogP contribution < -0.4 is 4.72 Å². The first-order chi connectivity index (χ1) is 10.0. The van der Waals surface area contributed by atoms with E-state index in [1.54, 1.807) is 25.2 Å². The fourth-order valence-electron chi connectivity index (χ4n) is 1.97. The molecule has 0 fully saturated rings. The summed E-state index contributed by atoms with van der Waals surface area (Å²) in [6.45, 7) is 5.71. The molecule has 1 heterocycles. The first-order valence-corrected chi connectivity index (χ1v) is 8.77. The topological polar surface area (TPSA) is 64.0 Å². The van der Waals surface area contributed by atoms with Crippen molar-refractivity contribution in [3.63, 3.8) is 0 Å². The molecule has 2 rings (SSSR count). The van der Waals surface area contributed by atoms with Gasteiger partial charge in [-0.15, -0.1) is 0 Å². The highest BCUT2D eigenvalue weighted by Crippen LogP contribution is 2.33. The smallest absolute Gasteiger partial charge is 0.265 e. The summed E-state index contributed by atoms with van der Waals surface area (Å²) in [5.74, 6) is 0. The Bertz CT molecular complexity index is 808. The molecule has 0 spiro atoms. The van der Waals surface area contributed by atoms with E-state index in [0.29, 0.717) is 5.69 Å². The van der Waals surface area contributed by atoms with Crippen LogP contribution in [0.5, 0.6) is 0 Å². The van der Waals surface area contributed by atoms with Crippen LogP contribution in [0.4, 0.5) is 5.69 Å². The van der Waals surface area contributed by atoms with Gasteiger partial charge in [-0.25, -0.2) is 8.42 Å². The number of benzene rings is 1. The molecule has 2 aromatic rings. The number of anilines is 1. The highest BCUT2D eigenvalue weighted by molar-refractivity contribution is 7.92. The molecule has 0 saturated carbocycles. The van der Waals surface area contributed by atoms with Crippen LogP contribution in [0.15, 0.2) is 29.3 Å². The van der Waals surface area contributed by atoms with Crippen LogP contribution in [-0.2, 0) is 22.5 Å². The predicted molar refractivity (Wildman–Crippen MR) is 89.2 cm³/mol. The van der Waals surface area contributed by atoms with Gasteiger partial charge in [0.2, 0.25) is 0 Å². The molecule has 0 radical (unpaired) electrons. The zero-order chi connectivity index (χ0) is 16.7. The van der Waals surface area contributed by atoms with E-state index in [1.165, 1.54) is 10.9 Å². The molecular weight excluding hydrogens is 345 g/mol. The lowest BCUT2D eigenvalue weighted by Crippen LogP contribution is -2.20. The standard InChI is InChI=1S/C14H17Cl2N3O2S/c1-14(2,3)13-11(8-19(4)17-13)22(20,21)18-10-7-5-6-9(15)12(10)16/h5-8,18H,1-4H3. The average molecular weight is 362 g/mol. The zero-order valence-corrected chi connectivity index (χ0v) is 15.0. The Morgan fingerprint density at radius 3 is 2.45 bits per heavy atom. The third kappa shape index (κ3) is 3.39. The van der Waals surface area contributed by atoms with Crippen LogP contribution in [0.3, 0.4) is 0 Å². The molecule has 0 aliphatic carbocycles. The quantitative estimate of drug-likeness (QED) is 0.903. The number of hydrogen-bond donors (Lipinski definition) is 1. The molecule has 0 bridgehead atoms. The number of nitrogens with zero attached hydrogens (tertiary/aromatic N) is 2. The Hall–Kier alpha value is -1.24. The van der Waals surface area contributed by atoms with Crippen LogP contribution in [0.25, 0.3) is 0 Å². The summed E-state index contributed by atoms with van der Waals surface area (Å²) >= 11 is 12.0.